The van der Waals surface area contributed by atoms with E-state index in [0.717, 1.165) is 5.56 Å². The summed E-state index contributed by atoms with van der Waals surface area (Å²) in [5.41, 5.74) is -1.65. The molecule has 0 saturated carbocycles. The molecule has 0 spiro atoms. The van der Waals surface area contributed by atoms with Gasteiger partial charge in [0.05, 0.1) is 13.2 Å². The van der Waals surface area contributed by atoms with Crippen LogP contribution in [0.15, 0.2) is 54.6 Å². The number of β-amino-alcohol motifs (C(OH)–C–C–N with tert-alkyl or cyclic N) is 1. The zero-order valence-corrected chi connectivity index (χ0v) is 18.1. The molecule has 164 valence electrons. The van der Waals surface area contributed by atoms with Gasteiger partial charge in [0.25, 0.3) is 0 Å². The quantitative estimate of drug-likeness (QED) is 0.432. The van der Waals surface area contributed by atoms with E-state index in [-0.39, 0.29) is 26.1 Å². The predicted molar refractivity (Wildman–Crippen MR) is 111 cm³/mol. The average Bonchev–Trinajstić information content (AvgIpc) is 2.97. The molecular formula is C23H24ClNO6. The Morgan fingerprint density at radius 3 is 2.48 bits per heavy atom. The van der Waals surface area contributed by atoms with Crippen LogP contribution in [0.4, 0.5) is 0 Å². The predicted octanol–water partition coefficient (Wildman–Crippen LogP) is 3.19. The Kier molecular flexibility index (Phi) is 5.55. The fourth-order valence-corrected chi connectivity index (χ4v) is 4.49. The Morgan fingerprint density at radius 2 is 1.84 bits per heavy atom. The van der Waals surface area contributed by atoms with Crippen molar-refractivity contribution in [2.24, 2.45) is 5.41 Å². The van der Waals surface area contributed by atoms with Crippen molar-refractivity contribution in [2.75, 3.05) is 13.2 Å². The molecule has 0 bridgehead atoms. The fraction of sp³-hybridized carbons (Fsp3) is 0.391. The molecule has 2 aliphatic heterocycles. The zero-order valence-electron chi connectivity index (χ0n) is 17.3. The fourth-order valence-electron chi connectivity index (χ4n) is 4.37. The number of fused-ring (bicyclic) bond motifs is 1. The number of ether oxygens (including phenoxy) is 1. The lowest BCUT2D eigenvalue weighted by Crippen LogP contribution is -2.63. The van der Waals surface area contributed by atoms with Crippen LogP contribution in [-0.4, -0.2) is 40.8 Å². The molecule has 1 N–H and O–H groups in total. The Hall–Kier alpha value is -2.45. The normalized spacial score (nSPS) is 30.2. The molecule has 0 radical (unpaired) electrons. The first kappa shape index (κ1) is 21.8. The van der Waals surface area contributed by atoms with E-state index in [1.807, 2.05) is 30.3 Å². The van der Waals surface area contributed by atoms with Crippen LogP contribution in [-0.2, 0) is 36.2 Å². The van der Waals surface area contributed by atoms with Crippen molar-refractivity contribution in [2.45, 2.75) is 38.2 Å². The number of aliphatic hydroxyl groups is 1. The molecule has 4 rings (SSSR count). The van der Waals surface area contributed by atoms with E-state index in [1.165, 1.54) is 4.90 Å². The van der Waals surface area contributed by atoms with Gasteiger partial charge in [-0.15, -0.1) is 0 Å². The van der Waals surface area contributed by atoms with Crippen molar-refractivity contribution in [3.63, 3.8) is 0 Å². The number of benzene rings is 2. The van der Waals surface area contributed by atoms with Gasteiger partial charge >= 0.3 is 5.97 Å². The molecule has 2 aromatic carbocycles. The standard InChI is InChI=1S/C23H24ClNO6/c1-3-29-20(27)22-14-21(2,17-9-11-18(24)12-10-17)30-31-23(22,28)15-25(19(22)26)13-16-7-5-4-6-8-16/h4-12,28H,3,13-15H2,1-2H3/t21?,22-,23+/m1/s1. The second-order valence-corrected chi connectivity index (χ2v) is 8.57. The van der Waals surface area contributed by atoms with Crippen molar-refractivity contribution in [1.29, 1.82) is 0 Å². The summed E-state index contributed by atoms with van der Waals surface area (Å²) in [6.07, 6.45) is -0.152. The van der Waals surface area contributed by atoms with E-state index in [4.69, 9.17) is 26.1 Å². The first-order chi connectivity index (χ1) is 14.7. The van der Waals surface area contributed by atoms with Crippen LogP contribution >= 0.6 is 11.6 Å². The van der Waals surface area contributed by atoms with Crippen LogP contribution in [0, 0.1) is 5.41 Å². The smallest absolute Gasteiger partial charge is 0.327 e. The largest absolute Gasteiger partial charge is 0.465 e. The lowest BCUT2D eigenvalue weighted by atomic mass is 9.70. The third-order valence-electron chi connectivity index (χ3n) is 5.99. The summed E-state index contributed by atoms with van der Waals surface area (Å²) in [4.78, 5) is 39.4. The van der Waals surface area contributed by atoms with Crippen molar-refractivity contribution < 1.29 is 29.2 Å². The monoisotopic (exact) mass is 445 g/mol. The molecule has 3 atom stereocenters. The molecule has 1 unspecified atom stereocenters. The van der Waals surface area contributed by atoms with E-state index < -0.39 is 28.7 Å². The van der Waals surface area contributed by atoms with Gasteiger partial charge in [-0.25, -0.2) is 4.89 Å². The highest BCUT2D eigenvalue weighted by molar-refractivity contribution is 6.30. The number of amides is 1. The maximum absolute atomic E-state index is 13.7. The van der Waals surface area contributed by atoms with E-state index >= 15 is 0 Å². The second-order valence-electron chi connectivity index (χ2n) is 8.14. The molecule has 2 fully saturated rings. The Labute approximate surface area is 185 Å². The molecule has 8 heteroatoms. The molecule has 2 heterocycles. The second kappa shape index (κ2) is 7.91. The van der Waals surface area contributed by atoms with Gasteiger partial charge in [0, 0.05) is 18.0 Å². The van der Waals surface area contributed by atoms with Crippen LogP contribution in [0.5, 0.6) is 0 Å². The summed E-state index contributed by atoms with van der Waals surface area (Å²) in [6.45, 7) is 3.39. The number of likely N-dealkylation sites (tertiary alicyclic amines) is 1. The SMILES string of the molecule is CCOC(=O)[C@]12CC(C)(c3ccc(Cl)cc3)OO[C@@]1(O)CN(Cc1ccccc1)C2=O. The summed E-state index contributed by atoms with van der Waals surface area (Å²) in [7, 11) is 0. The van der Waals surface area contributed by atoms with Gasteiger partial charge < -0.3 is 14.7 Å². The van der Waals surface area contributed by atoms with E-state index in [2.05, 4.69) is 0 Å². The minimum absolute atomic E-state index is 0.0567. The van der Waals surface area contributed by atoms with Gasteiger partial charge in [0.15, 0.2) is 0 Å². The number of rotatable bonds is 5. The van der Waals surface area contributed by atoms with Gasteiger partial charge in [-0.2, -0.15) is 4.89 Å². The number of hydrogen-bond acceptors (Lipinski definition) is 6. The van der Waals surface area contributed by atoms with Crippen LogP contribution in [0.2, 0.25) is 5.02 Å². The summed E-state index contributed by atoms with van der Waals surface area (Å²) < 4.78 is 5.27. The van der Waals surface area contributed by atoms with Crippen LogP contribution in [0.25, 0.3) is 0 Å². The summed E-state index contributed by atoms with van der Waals surface area (Å²) in [5, 5.41) is 11.9. The Morgan fingerprint density at radius 1 is 1.16 bits per heavy atom. The molecule has 2 aliphatic rings. The topological polar surface area (TPSA) is 85.3 Å². The maximum Gasteiger partial charge on any atom is 0.327 e. The molecule has 0 aliphatic carbocycles. The minimum Gasteiger partial charge on any atom is -0.465 e. The first-order valence-corrected chi connectivity index (χ1v) is 10.5. The van der Waals surface area contributed by atoms with Crippen molar-refractivity contribution in [1.82, 2.24) is 4.90 Å². The molecule has 2 aromatic rings. The highest BCUT2D eigenvalue weighted by Gasteiger charge is 2.75. The van der Waals surface area contributed by atoms with E-state index in [9.17, 15) is 14.7 Å². The number of halogens is 1. The van der Waals surface area contributed by atoms with Gasteiger partial charge in [0.1, 0.15) is 5.60 Å². The Bertz CT molecular complexity index is 983. The number of carbonyl (C=O) groups is 2. The van der Waals surface area contributed by atoms with Crippen LogP contribution < -0.4 is 0 Å². The molecule has 31 heavy (non-hydrogen) atoms. The molecule has 2 saturated heterocycles. The average molecular weight is 446 g/mol. The number of carbonyl (C=O) groups excluding carboxylic acids is 2. The van der Waals surface area contributed by atoms with Crippen LogP contribution in [0.1, 0.15) is 31.4 Å². The van der Waals surface area contributed by atoms with Gasteiger partial charge in [0.2, 0.25) is 17.1 Å². The van der Waals surface area contributed by atoms with E-state index in [0.29, 0.717) is 10.6 Å². The number of esters is 1. The molecule has 0 aromatic heterocycles. The highest BCUT2D eigenvalue weighted by Crippen LogP contribution is 2.55. The third kappa shape index (κ3) is 3.51. The number of hydrogen-bond donors (Lipinski definition) is 1. The van der Waals surface area contributed by atoms with Gasteiger partial charge in [-0.05, 0) is 37.1 Å². The van der Waals surface area contributed by atoms with Crippen molar-refractivity contribution in [3.8, 4) is 0 Å². The first-order valence-electron chi connectivity index (χ1n) is 10.1. The lowest BCUT2D eigenvalue weighted by molar-refractivity contribution is -0.502. The van der Waals surface area contributed by atoms with E-state index in [1.54, 1.807) is 38.1 Å². The molecular weight excluding hydrogens is 422 g/mol. The van der Waals surface area contributed by atoms with Crippen molar-refractivity contribution in [3.05, 3.63) is 70.7 Å². The summed E-state index contributed by atoms with van der Waals surface area (Å²) in [6, 6.07) is 16.1. The Balaban J connectivity index is 1.75. The number of nitrogens with zero attached hydrogens (tertiary/aromatic N) is 1. The van der Waals surface area contributed by atoms with Crippen molar-refractivity contribution >= 4 is 23.5 Å². The highest BCUT2D eigenvalue weighted by atomic mass is 35.5. The zero-order chi connectivity index (χ0) is 22.3. The summed E-state index contributed by atoms with van der Waals surface area (Å²) in [5.74, 6) is -3.57. The third-order valence-corrected chi connectivity index (χ3v) is 6.24. The molecule has 1 amide bonds. The molecule has 7 nitrogen and oxygen atoms in total. The minimum atomic E-state index is -2.18. The summed E-state index contributed by atoms with van der Waals surface area (Å²) >= 11 is 6.00. The van der Waals surface area contributed by atoms with Gasteiger partial charge in [-0.1, -0.05) is 54.1 Å². The van der Waals surface area contributed by atoms with Gasteiger partial charge in [-0.3, -0.25) is 9.59 Å². The van der Waals surface area contributed by atoms with Crippen LogP contribution in [0.3, 0.4) is 0 Å². The lowest BCUT2D eigenvalue weighted by Gasteiger charge is -2.46. The maximum atomic E-state index is 13.7.